The lowest BCUT2D eigenvalue weighted by Gasteiger charge is -2.30. The molecule has 0 radical (unpaired) electrons. The Kier molecular flexibility index (Phi) is 8.92. The Hall–Kier alpha value is -7.22. The summed E-state index contributed by atoms with van der Waals surface area (Å²) in [4.78, 5) is 2.43. The molecule has 0 N–H and O–H groups in total. The highest BCUT2D eigenvalue weighted by molar-refractivity contribution is 5.91. The summed E-state index contributed by atoms with van der Waals surface area (Å²) in [6.07, 6.45) is 0. The van der Waals surface area contributed by atoms with Gasteiger partial charge in [0.1, 0.15) is 0 Å². The average molecular weight is 742 g/mol. The molecule has 58 heavy (non-hydrogen) atoms. The smallest absolute Gasteiger partial charge is 0.0540 e. The van der Waals surface area contributed by atoms with Gasteiger partial charge in [0.15, 0.2) is 0 Å². The van der Waals surface area contributed by atoms with Gasteiger partial charge in [-0.15, -0.1) is 0 Å². The van der Waals surface area contributed by atoms with Crippen LogP contribution in [0.3, 0.4) is 0 Å². The molecule has 0 unspecified atom stereocenters. The van der Waals surface area contributed by atoms with Crippen molar-refractivity contribution >= 4 is 17.1 Å². The molecule has 9 aromatic rings. The number of para-hydroxylation sites is 1. The lowest BCUT2D eigenvalue weighted by Crippen LogP contribution is -2.17. The van der Waals surface area contributed by atoms with Crippen LogP contribution in [-0.4, -0.2) is 0 Å². The first-order valence-corrected chi connectivity index (χ1v) is 20.2. The topological polar surface area (TPSA) is 3.24 Å². The summed E-state index contributed by atoms with van der Waals surface area (Å²) < 4.78 is 0. The summed E-state index contributed by atoms with van der Waals surface area (Å²) >= 11 is 0. The third kappa shape index (κ3) is 6.41. The van der Waals surface area contributed by atoms with Crippen LogP contribution in [-0.2, 0) is 5.41 Å². The van der Waals surface area contributed by atoms with Gasteiger partial charge in [-0.05, 0) is 109 Å². The summed E-state index contributed by atoms with van der Waals surface area (Å²) in [5, 5.41) is 0. The van der Waals surface area contributed by atoms with E-state index >= 15 is 0 Å². The molecule has 0 fully saturated rings. The maximum Gasteiger partial charge on any atom is 0.0540 e. The fraction of sp³-hybridized carbons (Fsp3) is 0.0526. The van der Waals surface area contributed by atoms with Crippen molar-refractivity contribution in [2.45, 2.75) is 19.3 Å². The van der Waals surface area contributed by atoms with Crippen LogP contribution >= 0.6 is 0 Å². The van der Waals surface area contributed by atoms with Gasteiger partial charge in [-0.25, -0.2) is 0 Å². The molecule has 0 atom stereocenters. The minimum absolute atomic E-state index is 0.193. The van der Waals surface area contributed by atoms with Crippen LogP contribution in [0.2, 0.25) is 0 Å². The zero-order valence-electron chi connectivity index (χ0n) is 32.8. The van der Waals surface area contributed by atoms with Crippen molar-refractivity contribution in [3.63, 3.8) is 0 Å². The highest BCUT2D eigenvalue weighted by Crippen LogP contribution is 2.52. The highest BCUT2D eigenvalue weighted by atomic mass is 15.1. The Morgan fingerprint density at radius 2 is 0.638 bits per heavy atom. The molecule has 9 aromatic carbocycles. The molecular formula is C57H43N. The van der Waals surface area contributed by atoms with Crippen molar-refractivity contribution in [3.05, 3.63) is 236 Å². The van der Waals surface area contributed by atoms with E-state index < -0.39 is 0 Å². The number of nitrogens with zero attached hydrogens (tertiary/aromatic N) is 1. The Morgan fingerprint density at radius 3 is 1.17 bits per heavy atom. The van der Waals surface area contributed by atoms with Crippen molar-refractivity contribution < 1.29 is 0 Å². The van der Waals surface area contributed by atoms with E-state index in [0.29, 0.717) is 0 Å². The average Bonchev–Trinajstić information content (AvgIpc) is 3.52. The molecule has 10 rings (SSSR count). The van der Waals surface area contributed by atoms with E-state index in [1.165, 1.54) is 77.9 Å². The molecule has 0 saturated heterocycles. The summed E-state index contributed by atoms with van der Waals surface area (Å²) in [5.74, 6) is 0. The molecule has 0 aromatic heterocycles. The Morgan fingerprint density at radius 1 is 0.276 bits per heavy atom. The standard InChI is InChI=1S/C57H43N/c1-57(2)54-38-48(46-28-26-43(27-29-46)41-16-8-4-9-17-41)32-36-52(54)53-37-35-50(39-55(53)57)58(56-21-13-12-20-51(56)47-18-10-5-11-19-47)49-33-30-45(31-34-49)44-24-22-42(23-25-44)40-14-6-3-7-15-40/h3-39H,1-2H3. The summed E-state index contributed by atoms with van der Waals surface area (Å²) in [5.41, 5.74) is 20.7. The van der Waals surface area contributed by atoms with Crippen LogP contribution in [0.1, 0.15) is 25.0 Å². The summed E-state index contributed by atoms with van der Waals surface area (Å²) in [6.45, 7) is 4.76. The van der Waals surface area contributed by atoms with Crippen molar-refractivity contribution in [2.24, 2.45) is 0 Å². The second kappa shape index (κ2) is 14.7. The third-order valence-electron chi connectivity index (χ3n) is 11.9. The quantitative estimate of drug-likeness (QED) is 0.150. The number of benzene rings is 9. The molecule has 1 nitrogen and oxygen atoms in total. The largest absolute Gasteiger partial charge is 0.310 e. The fourth-order valence-electron chi connectivity index (χ4n) is 8.78. The van der Waals surface area contributed by atoms with Gasteiger partial charge in [0.25, 0.3) is 0 Å². The zero-order chi connectivity index (χ0) is 39.1. The Balaban J connectivity index is 1.03. The number of anilines is 3. The second-order valence-electron chi connectivity index (χ2n) is 15.8. The molecule has 0 aliphatic heterocycles. The number of rotatable bonds is 8. The van der Waals surface area contributed by atoms with Crippen LogP contribution in [0, 0.1) is 0 Å². The van der Waals surface area contributed by atoms with Gasteiger partial charge >= 0.3 is 0 Å². The highest BCUT2D eigenvalue weighted by Gasteiger charge is 2.36. The van der Waals surface area contributed by atoms with Crippen molar-refractivity contribution in [2.75, 3.05) is 4.90 Å². The van der Waals surface area contributed by atoms with E-state index in [0.717, 1.165) is 17.1 Å². The van der Waals surface area contributed by atoms with Crippen molar-refractivity contribution in [1.29, 1.82) is 0 Å². The summed E-state index contributed by atoms with van der Waals surface area (Å²) in [7, 11) is 0. The van der Waals surface area contributed by atoms with Gasteiger partial charge in [-0.3, -0.25) is 0 Å². The monoisotopic (exact) mass is 741 g/mol. The van der Waals surface area contributed by atoms with Gasteiger partial charge in [-0.1, -0.05) is 202 Å². The molecule has 276 valence electrons. The van der Waals surface area contributed by atoms with E-state index in [2.05, 4.69) is 243 Å². The SMILES string of the molecule is CC1(C)c2cc(-c3ccc(-c4ccccc4)cc3)ccc2-c2ccc(N(c3ccc(-c4ccc(-c5ccccc5)cc4)cc3)c3ccccc3-c3ccccc3)cc21. The minimum Gasteiger partial charge on any atom is -0.310 e. The molecular weight excluding hydrogens is 699 g/mol. The van der Waals surface area contributed by atoms with Crippen LogP contribution < -0.4 is 4.90 Å². The van der Waals surface area contributed by atoms with Crippen molar-refractivity contribution in [3.8, 4) is 66.8 Å². The number of hydrogen-bond acceptors (Lipinski definition) is 1. The van der Waals surface area contributed by atoms with Crippen LogP contribution in [0.4, 0.5) is 17.1 Å². The maximum absolute atomic E-state index is 2.43. The lowest BCUT2D eigenvalue weighted by molar-refractivity contribution is 0.660. The predicted octanol–water partition coefficient (Wildman–Crippen LogP) is 15.8. The number of hydrogen-bond donors (Lipinski definition) is 0. The maximum atomic E-state index is 2.43. The van der Waals surface area contributed by atoms with E-state index in [9.17, 15) is 0 Å². The van der Waals surface area contributed by atoms with Crippen LogP contribution in [0.15, 0.2) is 224 Å². The fourth-order valence-corrected chi connectivity index (χ4v) is 8.78. The Labute approximate surface area is 342 Å². The molecule has 0 spiro atoms. The van der Waals surface area contributed by atoms with Gasteiger partial charge in [-0.2, -0.15) is 0 Å². The van der Waals surface area contributed by atoms with E-state index in [1.54, 1.807) is 0 Å². The normalized spacial score (nSPS) is 12.4. The third-order valence-corrected chi connectivity index (χ3v) is 11.9. The van der Waals surface area contributed by atoms with E-state index in [1.807, 2.05) is 0 Å². The summed E-state index contributed by atoms with van der Waals surface area (Å²) in [6, 6.07) is 81.7. The molecule has 0 heterocycles. The van der Waals surface area contributed by atoms with Gasteiger partial charge in [0.2, 0.25) is 0 Å². The first-order valence-electron chi connectivity index (χ1n) is 20.2. The lowest BCUT2D eigenvalue weighted by atomic mass is 9.81. The number of fused-ring (bicyclic) bond motifs is 3. The van der Waals surface area contributed by atoms with Gasteiger partial charge in [0.05, 0.1) is 5.69 Å². The molecule has 1 aliphatic carbocycles. The second-order valence-corrected chi connectivity index (χ2v) is 15.8. The molecule has 0 saturated carbocycles. The van der Waals surface area contributed by atoms with Gasteiger partial charge < -0.3 is 4.90 Å². The molecule has 1 heteroatoms. The first kappa shape index (κ1) is 35.2. The first-order chi connectivity index (χ1) is 28.5. The van der Waals surface area contributed by atoms with Crippen molar-refractivity contribution in [1.82, 2.24) is 0 Å². The molecule has 0 bridgehead atoms. The van der Waals surface area contributed by atoms with Gasteiger partial charge in [0, 0.05) is 22.4 Å². The van der Waals surface area contributed by atoms with E-state index in [-0.39, 0.29) is 5.41 Å². The molecule has 0 amide bonds. The van der Waals surface area contributed by atoms with Crippen LogP contribution in [0.5, 0.6) is 0 Å². The molecule has 1 aliphatic rings. The van der Waals surface area contributed by atoms with E-state index in [4.69, 9.17) is 0 Å². The minimum atomic E-state index is -0.193. The Bertz CT molecular complexity index is 2850. The predicted molar refractivity (Wildman–Crippen MR) is 246 cm³/mol. The zero-order valence-corrected chi connectivity index (χ0v) is 32.8. The van der Waals surface area contributed by atoms with Crippen LogP contribution in [0.25, 0.3) is 66.8 Å².